The number of hydrogen-bond donors (Lipinski definition) is 1. The molecule has 70 valence electrons. The second-order valence-electron chi connectivity index (χ2n) is 1.93. The quantitative estimate of drug-likeness (QED) is 0.740. The van der Waals surface area contributed by atoms with Crippen molar-refractivity contribution < 1.29 is 17.9 Å². The first kappa shape index (κ1) is 13.6. The molecule has 6 heteroatoms. The molecule has 0 saturated carbocycles. The Morgan fingerprint density at radius 3 is 2.18 bits per heavy atom. The highest BCUT2D eigenvalue weighted by molar-refractivity contribution is 5.85. The normalized spacial score (nSPS) is 13.9. The van der Waals surface area contributed by atoms with Gasteiger partial charge in [-0.1, -0.05) is 6.92 Å². The van der Waals surface area contributed by atoms with Crippen LogP contribution in [-0.2, 0) is 4.74 Å². The molecule has 0 aliphatic rings. The minimum absolute atomic E-state index is 0. The monoisotopic (exact) mass is 193 g/mol. The molecule has 0 fully saturated rings. The maximum absolute atomic E-state index is 11.3. The fourth-order valence-corrected chi connectivity index (χ4v) is 0.319. The minimum Gasteiger partial charge on any atom is -0.326 e. The van der Waals surface area contributed by atoms with Crippen LogP contribution in [0.4, 0.5) is 13.2 Å². The summed E-state index contributed by atoms with van der Waals surface area (Å²) in [6, 6.07) is -0.526. The van der Waals surface area contributed by atoms with Crippen molar-refractivity contribution >= 4 is 12.4 Å². The van der Waals surface area contributed by atoms with E-state index in [0.29, 0.717) is 6.42 Å². The van der Waals surface area contributed by atoms with Gasteiger partial charge in [-0.2, -0.15) is 0 Å². The van der Waals surface area contributed by atoms with Crippen molar-refractivity contribution in [3.63, 3.8) is 0 Å². The molecule has 0 bridgehead atoms. The third kappa shape index (κ3) is 10.0. The zero-order chi connectivity index (χ0) is 8.20. The van der Waals surface area contributed by atoms with E-state index < -0.39 is 19.0 Å². The number of ether oxygens (including phenoxy) is 1. The van der Waals surface area contributed by atoms with Gasteiger partial charge in [0.05, 0.1) is 6.61 Å². The van der Waals surface area contributed by atoms with Gasteiger partial charge in [0.1, 0.15) is 0 Å². The van der Waals surface area contributed by atoms with Crippen LogP contribution in [-0.4, -0.2) is 19.0 Å². The van der Waals surface area contributed by atoms with Gasteiger partial charge in [0.25, 0.3) is 0 Å². The molecular weight excluding hydrogens is 183 g/mol. The molecule has 0 aromatic heterocycles. The third-order valence-electron chi connectivity index (χ3n) is 0.985. The molecule has 0 rings (SSSR count). The van der Waals surface area contributed by atoms with E-state index in [-0.39, 0.29) is 12.4 Å². The molecule has 0 aliphatic carbocycles. The maximum Gasteiger partial charge on any atom is 0.522 e. The number of nitrogens with two attached hydrogens (primary N) is 1. The van der Waals surface area contributed by atoms with Crippen LogP contribution in [0.5, 0.6) is 0 Å². The molecule has 1 atom stereocenters. The number of halogens is 4. The van der Waals surface area contributed by atoms with Gasteiger partial charge in [0.15, 0.2) is 0 Å². The smallest absolute Gasteiger partial charge is 0.326 e. The maximum atomic E-state index is 11.3. The molecule has 0 amide bonds. The van der Waals surface area contributed by atoms with E-state index in [1.165, 1.54) is 0 Å². The predicted octanol–water partition coefficient (Wildman–Crippen LogP) is 1.68. The lowest BCUT2D eigenvalue weighted by atomic mass is 10.3. The van der Waals surface area contributed by atoms with Gasteiger partial charge in [-0.3, -0.25) is 4.74 Å². The first-order valence-electron chi connectivity index (χ1n) is 2.92. The summed E-state index contributed by atoms with van der Waals surface area (Å²) in [6.45, 7) is 1.24. The van der Waals surface area contributed by atoms with Crippen LogP contribution in [0.25, 0.3) is 0 Å². The van der Waals surface area contributed by atoms with Crippen molar-refractivity contribution in [2.75, 3.05) is 6.61 Å². The van der Waals surface area contributed by atoms with Crippen LogP contribution in [0.3, 0.4) is 0 Å². The number of hydrogen-bond acceptors (Lipinski definition) is 2. The minimum atomic E-state index is -4.55. The Morgan fingerprint density at radius 2 is 1.91 bits per heavy atom. The molecule has 0 heterocycles. The predicted molar refractivity (Wildman–Crippen MR) is 37.5 cm³/mol. The summed E-state index contributed by atoms with van der Waals surface area (Å²) < 4.78 is 37.3. The van der Waals surface area contributed by atoms with E-state index in [1.54, 1.807) is 6.92 Å². The zero-order valence-electron chi connectivity index (χ0n) is 6.02. The molecule has 2 N–H and O–H groups in total. The van der Waals surface area contributed by atoms with Crippen molar-refractivity contribution in [2.24, 2.45) is 5.73 Å². The zero-order valence-corrected chi connectivity index (χ0v) is 6.84. The van der Waals surface area contributed by atoms with E-state index in [0.717, 1.165) is 0 Å². The van der Waals surface area contributed by atoms with Gasteiger partial charge in [-0.25, -0.2) is 0 Å². The Hall–Kier alpha value is -0.0000000000000000555. The van der Waals surface area contributed by atoms with Crippen molar-refractivity contribution in [1.82, 2.24) is 0 Å². The topological polar surface area (TPSA) is 35.2 Å². The average Bonchev–Trinajstić information content (AvgIpc) is 1.81. The second kappa shape index (κ2) is 5.62. The molecule has 0 saturated heterocycles. The summed E-state index contributed by atoms with van der Waals surface area (Å²) in [7, 11) is 0. The van der Waals surface area contributed by atoms with E-state index in [9.17, 15) is 13.2 Å². The van der Waals surface area contributed by atoms with Gasteiger partial charge in [0.2, 0.25) is 0 Å². The Balaban J connectivity index is 0. The summed E-state index contributed by atoms with van der Waals surface area (Å²) >= 11 is 0. The van der Waals surface area contributed by atoms with Crippen molar-refractivity contribution in [2.45, 2.75) is 25.7 Å². The largest absolute Gasteiger partial charge is 0.522 e. The fraction of sp³-hybridized carbons (Fsp3) is 1.00. The molecule has 0 unspecified atom stereocenters. The molecule has 2 nitrogen and oxygen atoms in total. The molecule has 0 aromatic carbocycles. The number of alkyl halides is 3. The summed E-state index contributed by atoms with van der Waals surface area (Å²) in [5, 5.41) is 0. The van der Waals surface area contributed by atoms with Crippen LogP contribution < -0.4 is 5.73 Å². The highest BCUT2D eigenvalue weighted by Gasteiger charge is 2.29. The first-order valence-corrected chi connectivity index (χ1v) is 2.92. The Labute approximate surface area is 69.3 Å². The van der Waals surface area contributed by atoms with Crippen LogP contribution in [0.1, 0.15) is 13.3 Å². The average molecular weight is 194 g/mol. The SMILES string of the molecule is CC[C@@H](N)COC(F)(F)F.Cl. The van der Waals surface area contributed by atoms with Gasteiger partial charge >= 0.3 is 6.36 Å². The van der Waals surface area contributed by atoms with Crippen LogP contribution in [0, 0.1) is 0 Å². The van der Waals surface area contributed by atoms with Crippen molar-refractivity contribution in [1.29, 1.82) is 0 Å². The Bertz CT molecular complexity index is 98.2. The summed E-state index contributed by atoms with van der Waals surface area (Å²) in [5.41, 5.74) is 5.16. The van der Waals surface area contributed by atoms with E-state index in [2.05, 4.69) is 4.74 Å². The van der Waals surface area contributed by atoms with Crippen LogP contribution in [0.2, 0.25) is 0 Å². The fourth-order valence-electron chi connectivity index (χ4n) is 0.319. The van der Waals surface area contributed by atoms with Crippen molar-refractivity contribution in [3.05, 3.63) is 0 Å². The summed E-state index contributed by atoms with van der Waals surface area (Å²) in [4.78, 5) is 0. The second-order valence-corrected chi connectivity index (χ2v) is 1.93. The highest BCUT2D eigenvalue weighted by Crippen LogP contribution is 2.16. The molecule has 11 heavy (non-hydrogen) atoms. The lowest BCUT2D eigenvalue weighted by molar-refractivity contribution is -0.325. The van der Waals surface area contributed by atoms with Crippen LogP contribution in [0.15, 0.2) is 0 Å². The van der Waals surface area contributed by atoms with E-state index >= 15 is 0 Å². The van der Waals surface area contributed by atoms with Gasteiger partial charge < -0.3 is 5.73 Å². The van der Waals surface area contributed by atoms with Gasteiger partial charge in [-0.05, 0) is 6.42 Å². The lowest BCUT2D eigenvalue weighted by Gasteiger charge is -2.10. The highest BCUT2D eigenvalue weighted by atomic mass is 35.5. The van der Waals surface area contributed by atoms with Gasteiger partial charge in [-0.15, -0.1) is 25.6 Å². The molecule has 0 aromatic rings. The lowest BCUT2D eigenvalue weighted by Crippen LogP contribution is -2.29. The molecule has 0 aliphatic heterocycles. The molecular formula is C5H11ClF3NO. The standard InChI is InChI=1S/C5H10F3NO.ClH/c1-2-4(9)3-10-5(6,7)8;/h4H,2-3,9H2,1H3;1H/t4-;/m1./s1. The van der Waals surface area contributed by atoms with Gasteiger partial charge in [0, 0.05) is 6.04 Å². The molecule has 0 spiro atoms. The summed E-state index contributed by atoms with van der Waals surface area (Å²) in [6.07, 6.45) is -4.07. The summed E-state index contributed by atoms with van der Waals surface area (Å²) in [5.74, 6) is 0. The Morgan fingerprint density at radius 1 is 1.45 bits per heavy atom. The van der Waals surface area contributed by atoms with E-state index in [1.807, 2.05) is 0 Å². The Kier molecular flexibility index (Phi) is 6.94. The number of rotatable bonds is 3. The molecule has 0 radical (unpaired) electrons. The third-order valence-corrected chi connectivity index (χ3v) is 0.985. The van der Waals surface area contributed by atoms with E-state index in [4.69, 9.17) is 5.73 Å². The first-order chi connectivity index (χ1) is 4.45. The van der Waals surface area contributed by atoms with Crippen molar-refractivity contribution in [3.8, 4) is 0 Å². The van der Waals surface area contributed by atoms with Crippen LogP contribution >= 0.6 is 12.4 Å².